The monoisotopic (exact) mass is 173 g/mol. The molecule has 1 aromatic carbocycles. The Hall–Kier alpha value is -1.09. The van der Waals surface area contributed by atoms with E-state index in [1.54, 1.807) is 6.07 Å². The fraction of sp³-hybridized carbons (Fsp3) is 0. The van der Waals surface area contributed by atoms with Gasteiger partial charge in [0.25, 0.3) is 0 Å². The lowest BCUT2D eigenvalue weighted by atomic mass is 10.2. The summed E-state index contributed by atoms with van der Waals surface area (Å²) < 4.78 is 12.8. The van der Waals surface area contributed by atoms with Crippen molar-refractivity contribution in [2.24, 2.45) is 5.16 Å². The second kappa shape index (κ2) is 3.34. The van der Waals surface area contributed by atoms with Gasteiger partial charge in [-0.1, -0.05) is 28.9 Å². The number of rotatable bonds is 1. The normalized spacial score (nSPS) is 11.6. The summed E-state index contributed by atoms with van der Waals surface area (Å²) in [6, 6.07) is 5.80. The van der Waals surface area contributed by atoms with Crippen molar-refractivity contribution in [1.82, 2.24) is 0 Å². The summed E-state index contributed by atoms with van der Waals surface area (Å²) >= 11 is 5.36. The maximum Gasteiger partial charge on any atom is 0.178 e. The number of hydrogen-bond donors (Lipinski definition) is 1. The molecule has 1 rings (SSSR count). The lowest BCUT2D eigenvalue weighted by Crippen LogP contribution is -1.94. The van der Waals surface area contributed by atoms with E-state index >= 15 is 0 Å². The molecule has 0 aliphatic carbocycles. The van der Waals surface area contributed by atoms with Gasteiger partial charge in [0.05, 0.1) is 5.56 Å². The zero-order chi connectivity index (χ0) is 8.27. The molecular formula is C7H5ClFNO. The quantitative estimate of drug-likeness (QED) is 0.394. The molecule has 0 spiro atoms. The Kier molecular flexibility index (Phi) is 2.44. The predicted molar refractivity (Wildman–Crippen MR) is 40.6 cm³/mol. The summed E-state index contributed by atoms with van der Waals surface area (Å²) in [6.45, 7) is 0. The molecule has 0 bridgehead atoms. The standard InChI is InChI=1S/C7H5ClFNO/c8-7(10-11)5-3-1-2-4-6(5)9/h1-4,11H/b10-7+. The van der Waals surface area contributed by atoms with Crippen molar-refractivity contribution in [2.75, 3.05) is 0 Å². The zero-order valence-corrected chi connectivity index (χ0v) is 6.22. The molecule has 0 heterocycles. The van der Waals surface area contributed by atoms with E-state index in [9.17, 15) is 4.39 Å². The van der Waals surface area contributed by atoms with E-state index in [4.69, 9.17) is 16.8 Å². The highest BCUT2D eigenvalue weighted by Crippen LogP contribution is 2.09. The summed E-state index contributed by atoms with van der Waals surface area (Å²) in [6.07, 6.45) is 0. The van der Waals surface area contributed by atoms with Crippen molar-refractivity contribution in [3.8, 4) is 0 Å². The van der Waals surface area contributed by atoms with Crippen LogP contribution in [-0.2, 0) is 0 Å². The number of oxime groups is 1. The van der Waals surface area contributed by atoms with Crippen molar-refractivity contribution in [1.29, 1.82) is 0 Å². The van der Waals surface area contributed by atoms with Crippen LogP contribution in [0.5, 0.6) is 0 Å². The maximum atomic E-state index is 12.8. The molecule has 2 nitrogen and oxygen atoms in total. The average molecular weight is 174 g/mol. The maximum absolute atomic E-state index is 12.8. The number of nitrogens with zero attached hydrogens (tertiary/aromatic N) is 1. The third kappa shape index (κ3) is 1.68. The van der Waals surface area contributed by atoms with E-state index in [2.05, 4.69) is 5.16 Å². The van der Waals surface area contributed by atoms with Crippen LogP contribution < -0.4 is 0 Å². The van der Waals surface area contributed by atoms with Gasteiger partial charge in [0.2, 0.25) is 0 Å². The van der Waals surface area contributed by atoms with Gasteiger partial charge in [0.15, 0.2) is 5.17 Å². The molecule has 0 radical (unpaired) electrons. The van der Waals surface area contributed by atoms with E-state index in [0.29, 0.717) is 0 Å². The topological polar surface area (TPSA) is 32.6 Å². The van der Waals surface area contributed by atoms with Crippen LogP contribution in [-0.4, -0.2) is 10.4 Å². The molecular weight excluding hydrogens is 169 g/mol. The SMILES string of the molecule is O/N=C(/Cl)c1ccccc1F. The zero-order valence-electron chi connectivity index (χ0n) is 5.46. The first-order valence-corrected chi connectivity index (χ1v) is 3.26. The van der Waals surface area contributed by atoms with Gasteiger partial charge in [0, 0.05) is 0 Å². The molecule has 0 saturated carbocycles. The third-order valence-corrected chi connectivity index (χ3v) is 1.46. The molecule has 58 valence electrons. The lowest BCUT2D eigenvalue weighted by Gasteiger charge is -1.95. The van der Waals surface area contributed by atoms with Gasteiger partial charge in [-0.25, -0.2) is 4.39 Å². The van der Waals surface area contributed by atoms with Crippen LogP contribution in [0.15, 0.2) is 29.4 Å². The molecule has 4 heteroatoms. The van der Waals surface area contributed by atoms with Crippen LogP contribution in [0.1, 0.15) is 5.56 Å². The highest BCUT2D eigenvalue weighted by atomic mass is 35.5. The number of hydrogen-bond acceptors (Lipinski definition) is 2. The number of benzene rings is 1. The van der Waals surface area contributed by atoms with Gasteiger partial charge in [-0.05, 0) is 12.1 Å². The lowest BCUT2D eigenvalue weighted by molar-refractivity contribution is 0.320. The van der Waals surface area contributed by atoms with Crippen molar-refractivity contribution < 1.29 is 9.60 Å². The molecule has 1 N–H and O–H groups in total. The smallest absolute Gasteiger partial charge is 0.178 e. The van der Waals surface area contributed by atoms with Crippen LogP contribution in [0.2, 0.25) is 0 Å². The summed E-state index contributed by atoms with van der Waals surface area (Å²) in [7, 11) is 0. The van der Waals surface area contributed by atoms with E-state index in [-0.39, 0.29) is 10.7 Å². The second-order valence-electron chi connectivity index (χ2n) is 1.87. The van der Waals surface area contributed by atoms with Gasteiger partial charge >= 0.3 is 0 Å². The van der Waals surface area contributed by atoms with Crippen molar-refractivity contribution in [3.05, 3.63) is 35.6 Å². The van der Waals surface area contributed by atoms with Crippen LogP contribution in [0.25, 0.3) is 0 Å². The van der Waals surface area contributed by atoms with Crippen molar-refractivity contribution in [2.45, 2.75) is 0 Å². The Morgan fingerprint density at radius 1 is 1.45 bits per heavy atom. The molecule has 0 aliphatic rings. The Morgan fingerprint density at radius 2 is 2.09 bits per heavy atom. The largest absolute Gasteiger partial charge is 0.410 e. The molecule has 0 aliphatic heterocycles. The van der Waals surface area contributed by atoms with Crippen LogP contribution in [0, 0.1) is 5.82 Å². The van der Waals surface area contributed by atoms with E-state index in [0.717, 1.165) is 0 Å². The van der Waals surface area contributed by atoms with E-state index in [1.807, 2.05) is 0 Å². The minimum atomic E-state index is -0.504. The van der Waals surface area contributed by atoms with Crippen LogP contribution in [0.4, 0.5) is 4.39 Å². The van der Waals surface area contributed by atoms with Crippen LogP contribution >= 0.6 is 11.6 Å². The van der Waals surface area contributed by atoms with Crippen LogP contribution in [0.3, 0.4) is 0 Å². The number of halogens is 2. The summed E-state index contributed by atoms with van der Waals surface area (Å²) in [5, 5.41) is 10.6. The minimum Gasteiger partial charge on any atom is -0.410 e. The van der Waals surface area contributed by atoms with E-state index in [1.165, 1.54) is 18.2 Å². The van der Waals surface area contributed by atoms with Gasteiger partial charge in [-0.2, -0.15) is 0 Å². The van der Waals surface area contributed by atoms with E-state index < -0.39 is 5.82 Å². The molecule has 0 atom stereocenters. The third-order valence-electron chi connectivity index (χ3n) is 1.18. The summed E-state index contributed by atoms with van der Waals surface area (Å²) in [4.78, 5) is 0. The Morgan fingerprint density at radius 3 is 2.64 bits per heavy atom. The van der Waals surface area contributed by atoms with Gasteiger partial charge < -0.3 is 5.21 Å². The summed E-state index contributed by atoms with van der Waals surface area (Å²) in [5.41, 5.74) is 0.0941. The Labute approximate surface area is 67.9 Å². The average Bonchev–Trinajstić information content (AvgIpc) is 2.04. The Balaban J connectivity index is 3.14. The molecule has 0 fully saturated rings. The molecule has 11 heavy (non-hydrogen) atoms. The first-order valence-electron chi connectivity index (χ1n) is 2.88. The molecule has 0 amide bonds. The van der Waals surface area contributed by atoms with Gasteiger partial charge in [0.1, 0.15) is 5.82 Å². The molecule has 0 aromatic heterocycles. The predicted octanol–water partition coefficient (Wildman–Crippen LogP) is 2.20. The highest BCUT2D eigenvalue weighted by molar-refractivity contribution is 6.69. The molecule has 0 unspecified atom stereocenters. The first kappa shape index (κ1) is 8.01. The second-order valence-corrected chi connectivity index (χ2v) is 2.23. The fourth-order valence-corrected chi connectivity index (χ4v) is 0.836. The summed E-state index contributed by atoms with van der Waals surface area (Å²) in [5.74, 6) is -0.504. The highest BCUT2D eigenvalue weighted by Gasteiger charge is 2.04. The van der Waals surface area contributed by atoms with Gasteiger partial charge in [-0.3, -0.25) is 0 Å². The molecule has 0 saturated heterocycles. The van der Waals surface area contributed by atoms with Crippen molar-refractivity contribution >= 4 is 16.8 Å². The van der Waals surface area contributed by atoms with Gasteiger partial charge in [-0.15, -0.1) is 0 Å². The molecule has 1 aromatic rings. The Bertz CT molecular complexity index is 288. The fourth-order valence-electron chi connectivity index (χ4n) is 0.682. The first-order chi connectivity index (χ1) is 5.25. The minimum absolute atomic E-state index is 0.0941. The van der Waals surface area contributed by atoms with Crippen molar-refractivity contribution in [3.63, 3.8) is 0 Å².